The van der Waals surface area contributed by atoms with E-state index in [9.17, 15) is 9.59 Å². The summed E-state index contributed by atoms with van der Waals surface area (Å²) in [6.45, 7) is 3.79. The summed E-state index contributed by atoms with van der Waals surface area (Å²) >= 11 is 0. The lowest BCUT2D eigenvalue weighted by molar-refractivity contribution is -0.152. The summed E-state index contributed by atoms with van der Waals surface area (Å²) in [6, 6.07) is -0.415. The summed E-state index contributed by atoms with van der Waals surface area (Å²) in [5, 5.41) is 9.26. The molecule has 11 heteroatoms. The van der Waals surface area contributed by atoms with Gasteiger partial charge < -0.3 is 21.1 Å². The Kier molecular flexibility index (Phi) is 7.02. The molecule has 3 radical (unpaired) electrons. The van der Waals surface area contributed by atoms with Crippen LogP contribution in [0.3, 0.4) is 0 Å². The number of amides is 1. The van der Waals surface area contributed by atoms with Crippen LogP contribution < -0.4 is 27.7 Å². The molecule has 3 fully saturated rings. The predicted octanol–water partition coefficient (Wildman–Crippen LogP) is -0.563. The molecule has 1 amide bonds. The molecule has 0 aromatic heterocycles. The van der Waals surface area contributed by atoms with Gasteiger partial charge in [-0.15, -0.1) is 0 Å². The molecule has 0 bridgehead atoms. The van der Waals surface area contributed by atoms with Crippen molar-refractivity contribution in [3.63, 3.8) is 0 Å². The highest BCUT2D eigenvalue weighted by atomic mass is 16.5. The van der Waals surface area contributed by atoms with Crippen LogP contribution in [0.2, 0.25) is 5.31 Å². The van der Waals surface area contributed by atoms with Crippen molar-refractivity contribution in [2.75, 3.05) is 6.54 Å². The second-order valence-electron chi connectivity index (χ2n) is 9.11. The van der Waals surface area contributed by atoms with Crippen LogP contribution in [-0.4, -0.2) is 56.9 Å². The van der Waals surface area contributed by atoms with Gasteiger partial charge >= 0.3 is 5.97 Å². The number of esters is 1. The van der Waals surface area contributed by atoms with Crippen molar-refractivity contribution in [3.8, 4) is 0 Å². The van der Waals surface area contributed by atoms with Gasteiger partial charge in [-0.1, -0.05) is 18.2 Å². The SMILES string of the molecule is [B]C12[B]C13CCC(CC/C(N)=N/NN)CC3CC(C(=O)OC(C)CCNC(C)=O)N2. The maximum atomic E-state index is 12.8. The van der Waals surface area contributed by atoms with Gasteiger partial charge in [0.1, 0.15) is 25.3 Å². The minimum Gasteiger partial charge on any atom is -0.461 e. The molecule has 2 aliphatic heterocycles. The van der Waals surface area contributed by atoms with Gasteiger partial charge in [-0.2, -0.15) is 5.10 Å². The quantitative estimate of drug-likeness (QED) is 0.0848. The van der Waals surface area contributed by atoms with Gasteiger partial charge in [-0.05, 0) is 43.4 Å². The van der Waals surface area contributed by atoms with E-state index in [0.29, 0.717) is 37.1 Å². The van der Waals surface area contributed by atoms with Crippen LogP contribution >= 0.6 is 0 Å². The number of nitrogens with zero attached hydrogens (tertiary/aromatic N) is 1. The minimum atomic E-state index is -0.589. The van der Waals surface area contributed by atoms with Gasteiger partial charge in [0.2, 0.25) is 5.91 Å². The van der Waals surface area contributed by atoms with Crippen LogP contribution in [0, 0.1) is 11.8 Å². The highest BCUT2D eigenvalue weighted by Gasteiger charge is 2.71. The van der Waals surface area contributed by atoms with Crippen LogP contribution in [0.15, 0.2) is 5.10 Å². The second-order valence-corrected chi connectivity index (χ2v) is 9.11. The molecule has 163 valence electrons. The number of carbonyl (C=O) groups is 2. The van der Waals surface area contributed by atoms with E-state index in [0.717, 1.165) is 32.1 Å². The Morgan fingerprint density at radius 2 is 2.20 bits per heavy atom. The molecule has 2 heterocycles. The van der Waals surface area contributed by atoms with Crippen molar-refractivity contribution in [1.82, 2.24) is 16.2 Å². The smallest absolute Gasteiger partial charge is 0.323 e. The monoisotopic (exact) mass is 415 g/mol. The van der Waals surface area contributed by atoms with E-state index in [1.165, 1.54) is 6.92 Å². The fourth-order valence-electron chi connectivity index (χ4n) is 5.30. The number of nitrogens with one attached hydrogen (secondary N) is 3. The van der Waals surface area contributed by atoms with Crippen LogP contribution in [0.1, 0.15) is 58.8 Å². The summed E-state index contributed by atoms with van der Waals surface area (Å²) in [7, 11) is 8.78. The van der Waals surface area contributed by atoms with Crippen LogP contribution in [0.25, 0.3) is 0 Å². The summed E-state index contributed by atoms with van der Waals surface area (Å²) in [5.74, 6) is 6.19. The number of hydrogen-bond acceptors (Lipinski definition) is 7. The molecule has 6 unspecified atom stereocenters. The summed E-state index contributed by atoms with van der Waals surface area (Å²) in [6.07, 6.45) is 5.80. The van der Waals surface area contributed by atoms with Gasteiger partial charge in [0.15, 0.2) is 0 Å². The van der Waals surface area contributed by atoms with E-state index in [4.69, 9.17) is 24.2 Å². The van der Waals surface area contributed by atoms with Gasteiger partial charge in [-0.3, -0.25) is 9.59 Å². The first-order chi connectivity index (χ1) is 14.2. The Morgan fingerprint density at radius 3 is 2.90 bits per heavy atom. The zero-order chi connectivity index (χ0) is 21.9. The van der Waals surface area contributed by atoms with E-state index in [1.54, 1.807) is 0 Å². The lowest BCUT2D eigenvalue weighted by Crippen LogP contribution is -2.55. The van der Waals surface area contributed by atoms with Crippen LogP contribution in [0.5, 0.6) is 0 Å². The van der Waals surface area contributed by atoms with Crippen molar-refractivity contribution in [1.29, 1.82) is 0 Å². The molecular weight excluding hydrogens is 382 g/mol. The number of carbonyl (C=O) groups excluding carboxylic acids is 2. The molecule has 6 atom stereocenters. The number of hydrazone groups is 1. The van der Waals surface area contributed by atoms with E-state index in [2.05, 4.69) is 28.5 Å². The number of hydrazine groups is 1. The zero-order valence-electron chi connectivity index (χ0n) is 17.9. The number of nitrogens with two attached hydrogens (primary N) is 2. The Bertz CT molecular complexity index is 695. The Balaban J connectivity index is 1.53. The summed E-state index contributed by atoms with van der Waals surface area (Å²) in [5.41, 5.74) is 8.07. The average Bonchev–Trinajstić information content (AvgIpc) is 3.29. The zero-order valence-corrected chi connectivity index (χ0v) is 17.9. The fraction of sp³-hybridized carbons (Fsp3) is 0.842. The fourth-order valence-corrected chi connectivity index (χ4v) is 5.30. The van der Waals surface area contributed by atoms with Crippen molar-refractivity contribution in [2.24, 2.45) is 28.5 Å². The van der Waals surface area contributed by atoms with Gasteiger partial charge in [-0.25, -0.2) is 11.4 Å². The normalized spacial score (nSPS) is 35.8. The molecule has 3 aliphatic rings. The van der Waals surface area contributed by atoms with E-state index in [1.807, 2.05) is 6.92 Å². The Hall–Kier alpha value is -1.74. The third-order valence-electron chi connectivity index (χ3n) is 6.96. The molecule has 3 rings (SSSR count). The topological polar surface area (TPSA) is 144 Å². The first-order valence-electron chi connectivity index (χ1n) is 10.9. The molecule has 2 saturated heterocycles. The van der Waals surface area contributed by atoms with Crippen molar-refractivity contribution < 1.29 is 14.3 Å². The van der Waals surface area contributed by atoms with Crippen molar-refractivity contribution in [2.45, 2.75) is 81.6 Å². The average molecular weight is 415 g/mol. The molecule has 1 saturated carbocycles. The predicted molar refractivity (Wildman–Crippen MR) is 116 cm³/mol. The minimum absolute atomic E-state index is 0.0181. The molecule has 7 N–H and O–H groups in total. The Morgan fingerprint density at radius 1 is 1.43 bits per heavy atom. The molecule has 0 aromatic carbocycles. The number of rotatable bonds is 9. The Labute approximate surface area is 180 Å². The van der Waals surface area contributed by atoms with Crippen molar-refractivity contribution in [3.05, 3.63) is 0 Å². The maximum absolute atomic E-state index is 12.8. The first-order valence-corrected chi connectivity index (χ1v) is 10.9. The molecule has 1 spiro atoms. The number of piperidine rings is 1. The first kappa shape index (κ1) is 22.9. The van der Waals surface area contributed by atoms with E-state index >= 15 is 0 Å². The van der Waals surface area contributed by atoms with E-state index in [-0.39, 0.29) is 23.3 Å². The number of ether oxygens (including phenoxy) is 1. The number of hydrogen-bond donors (Lipinski definition) is 5. The lowest BCUT2D eigenvalue weighted by atomic mass is 9.60. The third-order valence-corrected chi connectivity index (χ3v) is 6.96. The van der Waals surface area contributed by atoms with Gasteiger partial charge in [0.05, 0.1) is 7.85 Å². The van der Waals surface area contributed by atoms with Crippen molar-refractivity contribution >= 4 is 32.8 Å². The van der Waals surface area contributed by atoms with Crippen LogP contribution in [0.4, 0.5) is 0 Å². The highest BCUT2D eigenvalue weighted by Crippen LogP contribution is 2.69. The van der Waals surface area contributed by atoms with Gasteiger partial charge in [0, 0.05) is 26.3 Å². The lowest BCUT2D eigenvalue weighted by Gasteiger charge is -2.47. The third kappa shape index (κ3) is 4.94. The molecule has 9 nitrogen and oxygen atoms in total. The molecular formula is C19H33B2N6O3. The molecule has 0 aromatic rings. The van der Waals surface area contributed by atoms with Gasteiger partial charge in [0.25, 0.3) is 0 Å². The summed E-state index contributed by atoms with van der Waals surface area (Å²) in [4.78, 5) is 23.7. The molecule has 1 aliphatic carbocycles. The maximum Gasteiger partial charge on any atom is 0.323 e. The summed E-state index contributed by atoms with van der Waals surface area (Å²) < 4.78 is 5.62. The van der Waals surface area contributed by atoms with E-state index < -0.39 is 11.4 Å². The largest absolute Gasteiger partial charge is 0.461 e. The highest BCUT2D eigenvalue weighted by molar-refractivity contribution is 6.72. The molecule has 30 heavy (non-hydrogen) atoms. The number of amidine groups is 1. The second kappa shape index (κ2) is 9.18. The standard InChI is InChI=1S/C19H33B2N6O3/c1-11(6-8-24-12(2)28)30-17(29)15-10-14-9-13(3-4-16(22)26-27-23)5-7-18(14)19(20,21-18)25-15/h11,13-15,25,27H,3-10,23H2,1-2H3,(H2,22,26)(H,24,28). The van der Waals surface area contributed by atoms with Crippen LogP contribution in [-0.2, 0) is 14.3 Å².